The van der Waals surface area contributed by atoms with Crippen LogP contribution in [-0.2, 0) is 9.53 Å². The summed E-state index contributed by atoms with van der Waals surface area (Å²) in [5.74, 6) is 1.97. The maximum absolute atomic E-state index is 11.6. The van der Waals surface area contributed by atoms with E-state index in [0.29, 0.717) is 11.4 Å². The van der Waals surface area contributed by atoms with Gasteiger partial charge in [-0.3, -0.25) is 10.1 Å². The summed E-state index contributed by atoms with van der Waals surface area (Å²) in [6.07, 6.45) is 4.69. The highest BCUT2D eigenvalue weighted by Gasteiger charge is 2.11. The van der Waals surface area contributed by atoms with E-state index in [2.05, 4.69) is 21.3 Å². The SMILES string of the molecule is C#CCC(N)C(=O)Nc1ccc(NC(=O)OC)cc1. The Morgan fingerprint density at radius 1 is 1.32 bits per heavy atom. The maximum Gasteiger partial charge on any atom is 0.411 e. The van der Waals surface area contributed by atoms with Crippen LogP contribution in [0.15, 0.2) is 24.3 Å². The van der Waals surface area contributed by atoms with Crippen LogP contribution in [0.25, 0.3) is 0 Å². The number of benzene rings is 1. The van der Waals surface area contributed by atoms with Crippen LogP contribution in [0.3, 0.4) is 0 Å². The second-order valence-corrected chi connectivity index (χ2v) is 3.70. The number of carbonyl (C=O) groups is 2. The lowest BCUT2D eigenvalue weighted by atomic mass is 10.2. The molecule has 0 saturated heterocycles. The van der Waals surface area contributed by atoms with Crippen molar-refractivity contribution in [3.05, 3.63) is 24.3 Å². The van der Waals surface area contributed by atoms with Crippen LogP contribution >= 0.6 is 0 Å². The molecule has 0 aliphatic rings. The number of nitrogens with one attached hydrogen (secondary N) is 2. The fourth-order valence-electron chi connectivity index (χ4n) is 1.26. The van der Waals surface area contributed by atoms with Gasteiger partial charge in [0.05, 0.1) is 13.2 Å². The van der Waals surface area contributed by atoms with Gasteiger partial charge in [0.2, 0.25) is 5.91 Å². The predicted octanol–water partition coefficient (Wildman–Crippen LogP) is 1.15. The predicted molar refractivity (Wildman–Crippen MR) is 72.5 cm³/mol. The van der Waals surface area contributed by atoms with Gasteiger partial charge in [0.25, 0.3) is 0 Å². The zero-order chi connectivity index (χ0) is 14.3. The molecule has 0 aromatic heterocycles. The molecule has 2 amide bonds. The standard InChI is InChI=1S/C13H15N3O3/c1-3-4-11(14)12(17)15-9-5-7-10(8-6-9)16-13(18)19-2/h1,5-8,11H,4,14H2,2H3,(H,15,17)(H,16,18). The second-order valence-electron chi connectivity index (χ2n) is 3.70. The van der Waals surface area contributed by atoms with Gasteiger partial charge in [0.1, 0.15) is 0 Å². The van der Waals surface area contributed by atoms with E-state index < -0.39 is 12.1 Å². The normalized spacial score (nSPS) is 11.0. The number of nitrogens with two attached hydrogens (primary N) is 1. The molecule has 0 bridgehead atoms. The summed E-state index contributed by atoms with van der Waals surface area (Å²) in [4.78, 5) is 22.6. The molecule has 1 aromatic rings. The molecule has 0 aliphatic heterocycles. The number of hydrogen-bond donors (Lipinski definition) is 3. The third kappa shape index (κ3) is 4.69. The first kappa shape index (κ1) is 14.5. The maximum atomic E-state index is 11.6. The van der Waals surface area contributed by atoms with Crippen LogP contribution in [0.4, 0.5) is 16.2 Å². The smallest absolute Gasteiger partial charge is 0.411 e. The highest BCUT2D eigenvalue weighted by molar-refractivity contribution is 5.95. The lowest BCUT2D eigenvalue weighted by Crippen LogP contribution is -2.35. The molecule has 0 heterocycles. The quantitative estimate of drug-likeness (QED) is 0.709. The zero-order valence-electron chi connectivity index (χ0n) is 10.5. The molecule has 6 nitrogen and oxygen atoms in total. The summed E-state index contributed by atoms with van der Waals surface area (Å²) in [6.45, 7) is 0. The Labute approximate surface area is 111 Å². The third-order valence-corrected chi connectivity index (χ3v) is 2.26. The Balaban J connectivity index is 2.60. The van der Waals surface area contributed by atoms with E-state index in [1.807, 2.05) is 0 Å². The number of ether oxygens (including phenoxy) is 1. The van der Waals surface area contributed by atoms with Crippen molar-refractivity contribution in [3.63, 3.8) is 0 Å². The molecular formula is C13H15N3O3. The van der Waals surface area contributed by atoms with Gasteiger partial charge in [-0.25, -0.2) is 4.79 Å². The van der Waals surface area contributed by atoms with Gasteiger partial charge < -0.3 is 15.8 Å². The van der Waals surface area contributed by atoms with Gasteiger partial charge in [-0.05, 0) is 24.3 Å². The van der Waals surface area contributed by atoms with Crippen molar-refractivity contribution in [3.8, 4) is 12.3 Å². The molecule has 1 rings (SSSR count). The molecule has 1 aromatic carbocycles. The Hall–Kier alpha value is -2.52. The Kier molecular flexibility index (Phi) is 5.38. The van der Waals surface area contributed by atoms with E-state index >= 15 is 0 Å². The number of amides is 2. The van der Waals surface area contributed by atoms with Gasteiger partial charge in [0.15, 0.2) is 0 Å². The van der Waals surface area contributed by atoms with E-state index in [-0.39, 0.29) is 12.3 Å². The Bertz CT molecular complexity index is 491. The molecule has 4 N–H and O–H groups in total. The molecule has 100 valence electrons. The van der Waals surface area contributed by atoms with Gasteiger partial charge in [0, 0.05) is 17.8 Å². The number of rotatable bonds is 4. The van der Waals surface area contributed by atoms with Crippen molar-refractivity contribution in [1.29, 1.82) is 0 Å². The lowest BCUT2D eigenvalue weighted by Gasteiger charge is -2.10. The number of methoxy groups -OCH3 is 1. The molecule has 0 saturated carbocycles. The van der Waals surface area contributed by atoms with Gasteiger partial charge in [-0.1, -0.05) is 0 Å². The first-order chi connectivity index (χ1) is 9.06. The lowest BCUT2D eigenvalue weighted by molar-refractivity contribution is -0.117. The molecule has 0 spiro atoms. The minimum atomic E-state index is -0.738. The van der Waals surface area contributed by atoms with Gasteiger partial charge in [-0.15, -0.1) is 12.3 Å². The Morgan fingerprint density at radius 3 is 2.32 bits per heavy atom. The fraction of sp³-hybridized carbons (Fsp3) is 0.231. The van der Waals surface area contributed by atoms with Crippen molar-refractivity contribution >= 4 is 23.4 Å². The van der Waals surface area contributed by atoms with Gasteiger partial charge in [-0.2, -0.15) is 0 Å². The number of terminal acetylenes is 1. The molecular weight excluding hydrogens is 246 g/mol. The zero-order valence-corrected chi connectivity index (χ0v) is 10.5. The molecule has 6 heteroatoms. The van der Waals surface area contributed by atoms with Crippen LogP contribution in [0, 0.1) is 12.3 Å². The van der Waals surface area contributed by atoms with Crippen molar-refractivity contribution in [2.75, 3.05) is 17.7 Å². The summed E-state index contributed by atoms with van der Waals surface area (Å²) in [6, 6.07) is 5.77. The number of hydrogen-bond acceptors (Lipinski definition) is 4. The van der Waals surface area contributed by atoms with Crippen LogP contribution in [0.2, 0.25) is 0 Å². The van der Waals surface area contributed by atoms with Crippen LogP contribution in [0.5, 0.6) is 0 Å². The molecule has 0 fully saturated rings. The summed E-state index contributed by atoms with van der Waals surface area (Å²) in [5.41, 5.74) is 6.68. The first-order valence-corrected chi connectivity index (χ1v) is 5.51. The molecule has 1 unspecified atom stereocenters. The number of carbonyl (C=O) groups excluding carboxylic acids is 2. The minimum Gasteiger partial charge on any atom is -0.453 e. The van der Waals surface area contributed by atoms with E-state index in [1.54, 1.807) is 24.3 Å². The van der Waals surface area contributed by atoms with Gasteiger partial charge >= 0.3 is 6.09 Å². The van der Waals surface area contributed by atoms with Crippen LogP contribution in [-0.4, -0.2) is 25.2 Å². The summed E-state index contributed by atoms with van der Waals surface area (Å²) in [7, 11) is 1.27. The van der Waals surface area contributed by atoms with E-state index in [9.17, 15) is 9.59 Å². The average Bonchev–Trinajstić information content (AvgIpc) is 2.41. The fourth-order valence-corrected chi connectivity index (χ4v) is 1.26. The molecule has 1 atom stereocenters. The van der Waals surface area contributed by atoms with Crippen molar-refractivity contribution in [2.45, 2.75) is 12.5 Å². The van der Waals surface area contributed by atoms with E-state index in [1.165, 1.54) is 7.11 Å². The summed E-state index contributed by atoms with van der Waals surface area (Å²) < 4.78 is 4.45. The highest BCUT2D eigenvalue weighted by atomic mass is 16.5. The summed E-state index contributed by atoms with van der Waals surface area (Å²) >= 11 is 0. The summed E-state index contributed by atoms with van der Waals surface area (Å²) in [5, 5.41) is 5.11. The monoisotopic (exact) mass is 261 g/mol. The first-order valence-electron chi connectivity index (χ1n) is 5.51. The van der Waals surface area contributed by atoms with Crippen LogP contribution < -0.4 is 16.4 Å². The van der Waals surface area contributed by atoms with E-state index in [4.69, 9.17) is 12.2 Å². The van der Waals surface area contributed by atoms with Crippen molar-refractivity contribution < 1.29 is 14.3 Å². The second kappa shape index (κ2) is 7.03. The molecule has 0 aliphatic carbocycles. The molecule has 0 radical (unpaired) electrons. The Morgan fingerprint density at radius 2 is 1.84 bits per heavy atom. The topological polar surface area (TPSA) is 93.5 Å². The highest BCUT2D eigenvalue weighted by Crippen LogP contribution is 2.14. The van der Waals surface area contributed by atoms with Crippen LogP contribution in [0.1, 0.15) is 6.42 Å². The largest absolute Gasteiger partial charge is 0.453 e. The third-order valence-electron chi connectivity index (χ3n) is 2.26. The minimum absolute atomic E-state index is 0.174. The van der Waals surface area contributed by atoms with Crippen molar-refractivity contribution in [1.82, 2.24) is 0 Å². The van der Waals surface area contributed by atoms with E-state index in [0.717, 1.165) is 0 Å². The average molecular weight is 261 g/mol. The van der Waals surface area contributed by atoms with Crippen molar-refractivity contribution in [2.24, 2.45) is 5.73 Å². The molecule has 19 heavy (non-hydrogen) atoms. The number of anilines is 2.